The van der Waals surface area contributed by atoms with Gasteiger partial charge in [0, 0.05) is 12.4 Å². The molecular weight excluding hydrogens is 347 g/mol. The zero-order valence-electron chi connectivity index (χ0n) is 12.8. The van der Waals surface area contributed by atoms with Gasteiger partial charge in [0.05, 0.1) is 16.1 Å². The maximum absolute atomic E-state index is 13.9. The number of carbonyl (C=O) groups is 1. The van der Waals surface area contributed by atoms with Crippen LogP contribution in [0.1, 0.15) is 10.4 Å². The zero-order valence-corrected chi connectivity index (χ0v) is 13.6. The van der Waals surface area contributed by atoms with Gasteiger partial charge in [0.15, 0.2) is 0 Å². The number of rotatable bonds is 5. The lowest BCUT2D eigenvalue weighted by Crippen LogP contribution is -2.41. The van der Waals surface area contributed by atoms with E-state index in [1.54, 1.807) is 30.5 Å². The van der Waals surface area contributed by atoms with Crippen molar-refractivity contribution in [2.75, 3.05) is 0 Å². The number of halogens is 1. The second-order valence-electron chi connectivity index (χ2n) is 4.99. The van der Waals surface area contributed by atoms with Crippen molar-refractivity contribution in [3.63, 3.8) is 0 Å². The Morgan fingerprint density at radius 1 is 1.08 bits per heavy atom. The molecule has 3 aromatic rings. The lowest BCUT2D eigenvalue weighted by molar-refractivity contribution is 0.0941. The number of carbonyl (C=O) groups excluding carboxylic acids is 1. The van der Waals surface area contributed by atoms with E-state index in [-0.39, 0.29) is 10.5 Å². The summed E-state index contributed by atoms with van der Waals surface area (Å²) in [7, 11) is -3.95. The molecule has 128 valence electrons. The highest BCUT2D eigenvalue weighted by Gasteiger charge is 2.18. The Morgan fingerprint density at radius 2 is 1.84 bits per heavy atom. The molecule has 0 aliphatic heterocycles. The van der Waals surface area contributed by atoms with Gasteiger partial charge in [-0.15, -0.1) is 4.83 Å². The number of hydrazine groups is 1. The summed E-state index contributed by atoms with van der Waals surface area (Å²) < 4.78 is 39.5. The van der Waals surface area contributed by atoms with E-state index in [4.69, 9.17) is 0 Å². The van der Waals surface area contributed by atoms with E-state index in [0.29, 0.717) is 5.69 Å². The van der Waals surface area contributed by atoms with E-state index in [2.05, 4.69) is 5.10 Å². The molecule has 0 aliphatic rings. The summed E-state index contributed by atoms with van der Waals surface area (Å²) in [5.41, 5.74) is 2.15. The van der Waals surface area contributed by atoms with E-state index >= 15 is 0 Å². The molecule has 0 bridgehead atoms. The van der Waals surface area contributed by atoms with E-state index in [1.807, 2.05) is 10.3 Å². The van der Waals surface area contributed by atoms with Crippen LogP contribution in [0.15, 0.2) is 71.9 Å². The minimum atomic E-state index is -3.95. The summed E-state index contributed by atoms with van der Waals surface area (Å²) in [6, 6.07) is 13.0. The summed E-state index contributed by atoms with van der Waals surface area (Å²) in [4.78, 5) is 14.1. The van der Waals surface area contributed by atoms with Crippen LogP contribution in [0.5, 0.6) is 0 Å². The Kier molecular flexibility index (Phi) is 4.59. The molecule has 9 heteroatoms. The van der Waals surface area contributed by atoms with Gasteiger partial charge in [-0.25, -0.2) is 17.5 Å². The highest BCUT2D eigenvalue weighted by molar-refractivity contribution is 7.89. The number of aromatic nitrogens is 2. The molecule has 0 fully saturated rings. The summed E-state index contributed by atoms with van der Waals surface area (Å²) >= 11 is 0. The number of nitrogens with one attached hydrogen (secondary N) is 2. The van der Waals surface area contributed by atoms with Crippen molar-refractivity contribution < 1.29 is 17.6 Å². The van der Waals surface area contributed by atoms with Gasteiger partial charge in [-0.05, 0) is 36.4 Å². The molecule has 2 aromatic carbocycles. The average molecular weight is 360 g/mol. The molecule has 0 saturated heterocycles. The highest BCUT2D eigenvalue weighted by atomic mass is 32.2. The first-order valence-corrected chi connectivity index (χ1v) is 8.62. The van der Waals surface area contributed by atoms with Crippen LogP contribution in [0.2, 0.25) is 0 Å². The van der Waals surface area contributed by atoms with Crippen molar-refractivity contribution in [3.05, 3.63) is 78.4 Å². The standard InChI is InChI=1S/C16H13FN4O3S/c17-15-8-7-12(21-10-4-9-18-21)11-14(15)16(22)19-20-25(23,24)13-5-2-1-3-6-13/h1-11,20H,(H,19,22). The number of hydrogen-bond acceptors (Lipinski definition) is 4. The fourth-order valence-corrected chi connectivity index (χ4v) is 2.95. The number of amides is 1. The topological polar surface area (TPSA) is 93.1 Å². The largest absolute Gasteiger partial charge is 0.273 e. The van der Waals surface area contributed by atoms with Crippen LogP contribution in [-0.4, -0.2) is 24.1 Å². The quantitative estimate of drug-likeness (QED) is 0.677. The van der Waals surface area contributed by atoms with Gasteiger partial charge < -0.3 is 0 Å². The molecule has 25 heavy (non-hydrogen) atoms. The van der Waals surface area contributed by atoms with Crippen LogP contribution in [0, 0.1) is 5.82 Å². The summed E-state index contributed by atoms with van der Waals surface area (Å²) in [6.45, 7) is 0. The van der Waals surface area contributed by atoms with Crippen LogP contribution in [0.25, 0.3) is 5.69 Å². The van der Waals surface area contributed by atoms with Crippen LogP contribution in [0.4, 0.5) is 4.39 Å². The van der Waals surface area contributed by atoms with Gasteiger partial charge in [0.2, 0.25) is 0 Å². The molecule has 0 radical (unpaired) electrons. The van der Waals surface area contributed by atoms with E-state index in [0.717, 1.165) is 6.07 Å². The molecule has 1 amide bonds. The highest BCUT2D eigenvalue weighted by Crippen LogP contribution is 2.14. The molecular formula is C16H13FN4O3S. The van der Waals surface area contributed by atoms with Crippen molar-refractivity contribution in [1.29, 1.82) is 0 Å². The van der Waals surface area contributed by atoms with Crippen molar-refractivity contribution in [3.8, 4) is 5.69 Å². The lowest BCUT2D eigenvalue weighted by atomic mass is 10.2. The molecule has 7 nitrogen and oxygen atoms in total. The first kappa shape index (κ1) is 16.8. The first-order valence-electron chi connectivity index (χ1n) is 7.14. The number of sulfonamides is 1. The maximum Gasteiger partial charge on any atom is 0.269 e. The molecule has 2 N–H and O–H groups in total. The van der Waals surface area contributed by atoms with Crippen LogP contribution in [0.3, 0.4) is 0 Å². The van der Waals surface area contributed by atoms with E-state index < -0.39 is 21.7 Å². The van der Waals surface area contributed by atoms with Crippen molar-refractivity contribution >= 4 is 15.9 Å². The molecule has 1 heterocycles. The third-order valence-electron chi connectivity index (χ3n) is 3.32. The second kappa shape index (κ2) is 6.83. The minimum absolute atomic E-state index is 0.0268. The Balaban J connectivity index is 1.79. The normalized spacial score (nSPS) is 11.2. The fraction of sp³-hybridized carbons (Fsp3) is 0. The number of hydrogen-bond donors (Lipinski definition) is 2. The van der Waals surface area contributed by atoms with Gasteiger partial charge >= 0.3 is 0 Å². The third-order valence-corrected chi connectivity index (χ3v) is 4.58. The minimum Gasteiger partial charge on any atom is -0.273 e. The predicted octanol–water partition coefficient (Wildman–Crippen LogP) is 1.63. The van der Waals surface area contributed by atoms with Crippen LogP contribution < -0.4 is 10.3 Å². The molecule has 3 rings (SSSR count). The maximum atomic E-state index is 13.9. The molecule has 1 aromatic heterocycles. The van der Waals surface area contributed by atoms with Crippen LogP contribution >= 0.6 is 0 Å². The molecule has 0 aliphatic carbocycles. The molecule has 0 atom stereocenters. The van der Waals surface area contributed by atoms with Gasteiger partial charge in [-0.3, -0.25) is 10.2 Å². The molecule has 0 saturated carbocycles. The predicted molar refractivity (Wildman–Crippen MR) is 87.8 cm³/mol. The first-order chi connectivity index (χ1) is 12.0. The second-order valence-corrected chi connectivity index (χ2v) is 6.67. The van der Waals surface area contributed by atoms with E-state index in [9.17, 15) is 17.6 Å². The summed E-state index contributed by atoms with van der Waals surface area (Å²) in [6.07, 6.45) is 3.17. The van der Waals surface area contributed by atoms with E-state index in [1.165, 1.54) is 35.1 Å². The zero-order chi connectivity index (χ0) is 17.9. The Labute approximate surface area is 143 Å². The SMILES string of the molecule is O=C(NNS(=O)(=O)c1ccccc1)c1cc(-n2cccn2)ccc1F. The summed E-state index contributed by atoms with van der Waals surface area (Å²) in [5.74, 6) is -1.71. The molecule has 0 unspecified atom stereocenters. The lowest BCUT2D eigenvalue weighted by Gasteiger charge is -2.10. The summed E-state index contributed by atoms with van der Waals surface area (Å²) in [5, 5.41) is 3.99. The van der Waals surface area contributed by atoms with Gasteiger partial charge in [-0.1, -0.05) is 18.2 Å². The Bertz CT molecular complexity index is 989. The van der Waals surface area contributed by atoms with Crippen molar-refractivity contribution in [1.82, 2.24) is 20.0 Å². The number of nitrogens with zero attached hydrogens (tertiary/aromatic N) is 2. The third kappa shape index (κ3) is 3.73. The Hall–Kier alpha value is -3.04. The fourth-order valence-electron chi connectivity index (χ4n) is 2.09. The average Bonchev–Trinajstić information content (AvgIpc) is 3.15. The van der Waals surface area contributed by atoms with Crippen molar-refractivity contribution in [2.24, 2.45) is 0 Å². The van der Waals surface area contributed by atoms with Crippen molar-refractivity contribution in [2.45, 2.75) is 4.90 Å². The monoisotopic (exact) mass is 360 g/mol. The van der Waals surface area contributed by atoms with Gasteiger partial charge in [0.1, 0.15) is 5.82 Å². The Morgan fingerprint density at radius 3 is 2.52 bits per heavy atom. The van der Waals surface area contributed by atoms with Gasteiger partial charge in [0.25, 0.3) is 15.9 Å². The smallest absolute Gasteiger partial charge is 0.269 e. The van der Waals surface area contributed by atoms with Crippen LogP contribution in [-0.2, 0) is 10.0 Å². The molecule has 0 spiro atoms. The number of benzene rings is 2. The van der Waals surface area contributed by atoms with Gasteiger partial charge in [-0.2, -0.15) is 5.10 Å².